The Morgan fingerprint density at radius 3 is 2.11 bits per heavy atom. The molecule has 180 valence electrons. The minimum atomic E-state index is -1.35. The van der Waals surface area contributed by atoms with E-state index in [0.29, 0.717) is 6.42 Å². The molecule has 0 saturated carbocycles. The lowest BCUT2D eigenvalue weighted by Crippen LogP contribution is -2.52. The van der Waals surface area contributed by atoms with E-state index in [9.17, 15) is 19.5 Å². The van der Waals surface area contributed by atoms with Crippen molar-refractivity contribution in [3.63, 3.8) is 0 Å². The molecule has 3 N–H and O–H groups in total. The molecule has 3 aromatic carbocycles. The predicted octanol–water partition coefficient (Wildman–Crippen LogP) is 5.20. The first-order valence-electron chi connectivity index (χ1n) is 11.5. The number of nitrogens with one attached hydrogen (secondary N) is 2. The van der Waals surface area contributed by atoms with Crippen molar-refractivity contribution in [1.82, 2.24) is 5.32 Å². The normalized spacial score (nSPS) is 12.4. The van der Waals surface area contributed by atoms with Crippen LogP contribution >= 0.6 is 0 Å². The standard InChI is InChI=1S/C28H28N2O5/c1-4-17-13-14-24(22(15-17)25(31)32)29-26(33)28(2,3)30-27(34)35-16-23-20-11-7-5-9-18(20)19-10-6-8-12-21(19)23/h5-15,23H,4,16H2,1-3H3,(H,29,33)(H,30,34)(H,31,32). The monoisotopic (exact) mass is 472 g/mol. The Morgan fingerprint density at radius 2 is 1.54 bits per heavy atom. The van der Waals surface area contributed by atoms with Gasteiger partial charge in [-0.2, -0.15) is 0 Å². The SMILES string of the molecule is CCc1ccc(NC(=O)C(C)(C)NC(=O)OCC2c3ccccc3-c3ccccc32)c(C(=O)O)c1. The van der Waals surface area contributed by atoms with Crippen molar-refractivity contribution >= 4 is 23.7 Å². The van der Waals surface area contributed by atoms with Crippen molar-refractivity contribution in [2.45, 2.75) is 38.6 Å². The van der Waals surface area contributed by atoms with Crippen molar-refractivity contribution in [2.75, 3.05) is 11.9 Å². The fraction of sp³-hybridized carbons (Fsp3) is 0.250. The van der Waals surface area contributed by atoms with Crippen LogP contribution < -0.4 is 10.6 Å². The topological polar surface area (TPSA) is 105 Å². The molecule has 0 aliphatic heterocycles. The molecule has 2 amide bonds. The number of hydrogen-bond acceptors (Lipinski definition) is 4. The molecule has 4 rings (SSSR count). The van der Waals surface area contributed by atoms with Crippen LogP contribution in [0.1, 0.15) is 53.7 Å². The lowest BCUT2D eigenvalue weighted by Gasteiger charge is -2.25. The summed E-state index contributed by atoms with van der Waals surface area (Å²) in [7, 11) is 0. The number of rotatable bonds is 7. The van der Waals surface area contributed by atoms with Gasteiger partial charge in [-0.1, -0.05) is 61.5 Å². The summed E-state index contributed by atoms with van der Waals surface area (Å²) in [5.41, 5.74) is 4.10. The van der Waals surface area contributed by atoms with E-state index in [-0.39, 0.29) is 23.8 Å². The highest BCUT2D eigenvalue weighted by atomic mass is 16.5. The average molecular weight is 473 g/mol. The Morgan fingerprint density at radius 1 is 0.943 bits per heavy atom. The number of fused-ring (bicyclic) bond motifs is 3. The number of carbonyl (C=O) groups excluding carboxylic acids is 2. The van der Waals surface area contributed by atoms with Gasteiger partial charge in [0.1, 0.15) is 12.1 Å². The number of anilines is 1. The fourth-order valence-electron chi connectivity index (χ4n) is 4.32. The van der Waals surface area contributed by atoms with E-state index < -0.39 is 23.5 Å². The first-order chi connectivity index (χ1) is 16.7. The van der Waals surface area contributed by atoms with E-state index >= 15 is 0 Å². The zero-order valence-electron chi connectivity index (χ0n) is 19.9. The van der Waals surface area contributed by atoms with E-state index in [0.717, 1.165) is 27.8 Å². The van der Waals surface area contributed by atoms with E-state index in [1.807, 2.05) is 43.3 Å². The molecular weight excluding hydrogens is 444 g/mol. The van der Waals surface area contributed by atoms with Gasteiger partial charge < -0.3 is 20.5 Å². The maximum Gasteiger partial charge on any atom is 0.408 e. The Labute approximate surface area is 204 Å². The van der Waals surface area contributed by atoms with Crippen LogP contribution in [-0.4, -0.2) is 35.2 Å². The van der Waals surface area contributed by atoms with Gasteiger partial charge in [-0.15, -0.1) is 0 Å². The predicted molar refractivity (Wildman–Crippen MR) is 134 cm³/mol. The number of carboxylic acid groups (broad SMARTS) is 1. The van der Waals surface area contributed by atoms with E-state index in [1.54, 1.807) is 12.1 Å². The number of ether oxygens (including phenoxy) is 1. The van der Waals surface area contributed by atoms with Gasteiger partial charge >= 0.3 is 12.1 Å². The quantitative estimate of drug-likeness (QED) is 0.438. The summed E-state index contributed by atoms with van der Waals surface area (Å²) < 4.78 is 5.54. The second kappa shape index (κ2) is 9.62. The molecule has 0 unspecified atom stereocenters. The summed E-state index contributed by atoms with van der Waals surface area (Å²) >= 11 is 0. The number of carboxylic acids is 1. The van der Waals surface area contributed by atoms with Crippen molar-refractivity contribution in [3.8, 4) is 11.1 Å². The van der Waals surface area contributed by atoms with Crippen LogP contribution in [-0.2, 0) is 16.0 Å². The molecule has 0 aromatic heterocycles. The zero-order valence-corrected chi connectivity index (χ0v) is 19.9. The highest BCUT2D eigenvalue weighted by molar-refractivity contribution is 6.04. The van der Waals surface area contributed by atoms with Gasteiger partial charge in [-0.05, 0) is 60.2 Å². The summed E-state index contributed by atoms with van der Waals surface area (Å²) in [6, 6.07) is 20.9. The number of hydrogen-bond donors (Lipinski definition) is 3. The van der Waals surface area contributed by atoms with Crippen molar-refractivity contribution in [2.24, 2.45) is 0 Å². The van der Waals surface area contributed by atoms with Gasteiger partial charge in [0.25, 0.3) is 0 Å². The molecule has 1 aliphatic rings. The molecule has 0 heterocycles. The zero-order chi connectivity index (χ0) is 25.2. The van der Waals surface area contributed by atoms with Gasteiger partial charge in [-0.25, -0.2) is 9.59 Å². The smallest absolute Gasteiger partial charge is 0.408 e. The van der Waals surface area contributed by atoms with Crippen LogP contribution in [0.2, 0.25) is 0 Å². The molecular formula is C28H28N2O5. The number of amides is 2. The average Bonchev–Trinajstić information content (AvgIpc) is 3.16. The van der Waals surface area contributed by atoms with Crippen LogP contribution in [0.4, 0.5) is 10.5 Å². The Hall–Kier alpha value is -4.13. The first-order valence-corrected chi connectivity index (χ1v) is 11.5. The number of aryl methyl sites for hydroxylation is 1. The van der Waals surface area contributed by atoms with Crippen LogP contribution in [0.5, 0.6) is 0 Å². The lowest BCUT2D eigenvalue weighted by molar-refractivity contribution is -0.121. The van der Waals surface area contributed by atoms with Gasteiger partial charge in [0.15, 0.2) is 0 Å². The van der Waals surface area contributed by atoms with E-state index in [1.165, 1.54) is 19.9 Å². The molecule has 35 heavy (non-hydrogen) atoms. The molecule has 0 spiro atoms. The van der Waals surface area contributed by atoms with Crippen molar-refractivity contribution < 1.29 is 24.2 Å². The second-order valence-electron chi connectivity index (χ2n) is 9.07. The Balaban J connectivity index is 1.42. The molecule has 0 saturated heterocycles. The van der Waals surface area contributed by atoms with E-state index in [2.05, 4.69) is 22.8 Å². The minimum Gasteiger partial charge on any atom is -0.478 e. The van der Waals surface area contributed by atoms with Gasteiger partial charge in [0.2, 0.25) is 5.91 Å². The molecule has 0 fully saturated rings. The summed E-state index contributed by atoms with van der Waals surface area (Å²) in [5.74, 6) is -1.80. The minimum absolute atomic E-state index is 0.00496. The first kappa shape index (κ1) is 24.0. The molecule has 1 aliphatic carbocycles. The number of alkyl carbamates (subject to hydrolysis) is 1. The maximum atomic E-state index is 12.9. The third-order valence-corrected chi connectivity index (χ3v) is 6.30. The number of aromatic carboxylic acids is 1. The van der Waals surface area contributed by atoms with Crippen LogP contribution in [0.25, 0.3) is 11.1 Å². The van der Waals surface area contributed by atoms with Gasteiger partial charge in [0.05, 0.1) is 11.3 Å². The summed E-state index contributed by atoms with van der Waals surface area (Å²) in [4.78, 5) is 37.2. The van der Waals surface area contributed by atoms with Gasteiger partial charge in [-0.3, -0.25) is 4.79 Å². The molecule has 3 aromatic rings. The Bertz CT molecular complexity index is 1250. The largest absolute Gasteiger partial charge is 0.478 e. The van der Waals surface area contributed by atoms with Crippen LogP contribution in [0, 0.1) is 0 Å². The fourth-order valence-corrected chi connectivity index (χ4v) is 4.32. The van der Waals surface area contributed by atoms with Gasteiger partial charge in [0, 0.05) is 5.92 Å². The molecule has 7 heteroatoms. The maximum absolute atomic E-state index is 12.9. The molecule has 0 radical (unpaired) electrons. The third-order valence-electron chi connectivity index (χ3n) is 6.30. The van der Waals surface area contributed by atoms with Crippen molar-refractivity contribution in [3.05, 3.63) is 89.0 Å². The Kier molecular flexibility index (Phi) is 6.60. The summed E-state index contributed by atoms with van der Waals surface area (Å²) in [6.45, 7) is 5.11. The number of benzene rings is 3. The molecule has 7 nitrogen and oxygen atoms in total. The third kappa shape index (κ3) is 4.89. The molecule has 0 bridgehead atoms. The van der Waals surface area contributed by atoms with Crippen molar-refractivity contribution in [1.29, 1.82) is 0 Å². The summed E-state index contributed by atoms with van der Waals surface area (Å²) in [5, 5.41) is 14.7. The highest BCUT2D eigenvalue weighted by Crippen LogP contribution is 2.44. The van der Waals surface area contributed by atoms with Crippen LogP contribution in [0.15, 0.2) is 66.7 Å². The van der Waals surface area contributed by atoms with Crippen LogP contribution in [0.3, 0.4) is 0 Å². The highest BCUT2D eigenvalue weighted by Gasteiger charge is 2.33. The summed E-state index contributed by atoms with van der Waals surface area (Å²) in [6.07, 6.45) is -0.0598. The molecule has 0 atom stereocenters. The van der Waals surface area contributed by atoms with E-state index in [4.69, 9.17) is 4.74 Å². The lowest BCUT2D eigenvalue weighted by atomic mass is 9.98. The second-order valence-corrected chi connectivity index (χ2v) is 9.07. The number of carbonyl (C=O) groups is 3.